The number of hydrogen-bond donors (Lipinski definition) is 8. The van der Waals surface area contributed by atoms with Crippen molar-refractivity contribution in [1.82, 2.24) is 20.9 Å². The third kappa shape index (κ3) is 7.95. The number of rotatable bonds is 14. The van der Waals surface area contributed by atoms with Crippen LogP contribution in [0.1, 0.15) is 18.9 Å². The number of aliphatic hydroxyl groups is 2. The lowest BCUT2D eigenvalue weighted by Gasteiger charge is -2.25. The molecular weight excluding hydrogens is 490 g/mol. The van der Waals surface area contributed by atoms with E-state index < -0.39 is 60.6 Å². The van der Waals surface area contributed by atoms with E-state index in [1.54, 1.807) is 12.5 Å². The molecule has 0 bridgehead atoms. The second-order valence-corrected chi connectivity index (χ2v) is 9.31. The summed E-state index contributed by atoms with van der Waals surface area (Å²) in [5, 5.41) is 36.8. The molecule has 36 heavy (non-hydrogen) atoms. The van der Waals surface area contributed by atoms with E-state index in [-0.39, 0.29) is 12.8 Å². The van der Waals surface area contributed by atoms with E-state index in [9.17, 15) is 34.5 Å². The number of para-hydroxylation sites is 1. The van der Waals surface area contributed by atoms with Crippen molar-refractivity contribution in [3.05, 3.63) is 36.0 Å². The first-order chi connectivity index (χ1) is 17.1. The van der Waals surface area contributed by atoms with Crippen molar-refractivity contribution in [1.29, 1.82) is 0 Å². The van der Waals surface area contributed by atoms with Crippen molar-refractivity contribution in [3.8, 4) is 0 Å². The van der Waals surface area contributed by atoms with Gasteiger partial charge >= 0.3 is 5.97 Å². The minimum Gasteiger partial charge on any atom is -0.480 e. The first-order valence-corrected chi connectivity index (χ1v) is 12.7. The van der Waals surface area contributed by atoms with Crippen molar-refractivity contribution in [2.45, 2.75) is 50.0 Å². The molecule has 0 saturated carbocycles. The monoisotopic (exact) mass is 523 g/mol. The Morgan fingerprint density at radius 2 is 1.72 bits per heavy atom. The van der Waals surface area contributed by atoms with Crippen molar-refractivity contribution >= 4 is 46.4 Å². The summed E-state index contributed by atoms with van der Waals surface area (Å²) in [4.78, 5) is 52.4. The molecule has 0 radical (unpaired) electrons. The van der Waals surface area contributed by atoms with Crippen LogP contribution in [0.4, 0.5) is 0 Å². The normalized spacial score (nSPS) is 15.4. The molecule has 1 aromatic carbocycles. The van der Waals surface area contributed by atoms with E-state index in [0.29, 0.717) is 5.75 Å². The van der Waals surface area contributed by atoms with Gasteiger partial charge in [0, 0.05) is 17.1 Å². The summed E-state index contributed by atoms with van der Waals surface area (Å²) in [6, 6.07) is 2.28. The van der Waals surface area contributed by atoms with E-state index in [2.05, 4.69) is 20.9 Å². The van der Waals surface area contributed by atoms with Crippen molar-refractivity contribution in [2.24, 2.45) is 5.73 Å². The number of carbonyl (C=O) groups is 4. The van der Waals surface area contributed by atoms with Crippen LogP contribution in [0.15, 0.2) is 30.5 Å². The maximum atomic E-state index is 12.8. The lowest BCUT2D eigenvalue weighted by Crippen LogP contribution is -2.60. The molecule has 198 valence electrons. The fourth-order valence-corrected chi connectivity index (χ4v) is 3.99. The number of H-pyrrole nitrogens is 1. The number of hydrogen-bond acceptors (Lipinski definition) is 8. The summed E-state index contributed by atoms with van der Waals surface area (Å²) in [6.07, 6.45) is 2.48. The number of aliphatic carboxylic acids is 1. The number of carboxylic acid groups (broad SMARTS) is 1. The molecule has 5 atom stereocenters. The average molecular weight is 524 g/mol. The third-order valence-corrected chi connectivity index (χ3v) is 6.20. The first-order valence-electron chi connectivity index (χ1n) is 11.3. The Hall–Kier alpha value is -3.13. The lowest BCUT2D eigenvalue weighted by atomic mass is 10.0. The van der Waals surface area contributed by atoms with Crippen LogP contribution in [0.2, 0.25) is 0 Å². The Morgan fingerprint density at radius 3 is 2.33 bits per heavy atom. The Labute approximate surface area is 212 Å². The largest absolute Gasteiger partial charge is 0.480 e. The van der Waals surface area contributed by atoms with Crippen LogP contribution < -0.4 is 21.7 Å². The van der Waals surface area contributed by atoms with Gasteiger partial charge in [0.1, 0.15) is 18.1 Å². The Bertz CT molecular complexity index is 1060. The molecule has 0 fully saturated rings. The van der Waals surface area contributed by atoms with E-state index in [4.69, 9.17) is 5.73 Å². The molecule has 0 aliphatic heterocycles. The minimum atomic E-state index is -1.49. The van der Waals surface area contributed by atoms with Crippen LogP contribution >= 0.6 is 11.8 Å². The summed E-state index contributed by atoms with van der Waals surface area (Å²) in [5.74, 6) is -3.33. The van der Waals surface area contributed by atoms with Gasteiger partial charge in [-0.3, -0.25) is 14.4 Å². The highest BCUT2D eigenvalue weighted by atomic mass is 32.2. The number of carboxylic acids is 1. The number of amides is 3. The van der Waals surface area contributed by atoms with Gasteiger partial charge in [-0.2, -0.15) is 11.8 Å². The van der Waals surface area contributed by atoms with Gasteiger partial charge in [0.25, 0.3) is 0 Å². The molecule has 1 heterocycles. The Kier molecular flexibility index (Phi) is 11.2. The molecular formula is C23H33N5O7S. The SMILES string of the molecule is CSCCC(NC(=O)C(CO)NC(=O)C(NC(=O)C(N)Cc1c[nH]c2ccccc12)C(C)O)C(=O)O. The zero-order valence-corrected chi connectivity index (χ0v) is 20.9. The first kappa shape index (κ1) is 29.1. The zero-order valence-electron chi connectivity index (χ0n) is 20.1. The van der Waals surface area contributed by atoms with Crippen molar-refractivity contribution < 1.29 is 34.5 Å². The number of aliphatic hydroxyl groups excluding tert-OH is 2. The maximum absolute atomic E-state index is 12.8. The Balaban J connectivity index is 2.02. The summed E-state index contributed by atoms with van der Waals surface area (Å²) in [7, 11) is 0. The van der Waals surface area contributed by atoms with Gasteiger partial charge < -0.3 is 42.0 Å². The number of aromatic nitrogens is 1. The maximum Gasteiger partial charge on any atom is 0.326 e. The van der Waals surface area contributed by atoms with Crippen LogP contribution in [0.5, 0.6) is 0 Å². The van der Waals surface area contributed by atoms with E-state index in [1.807, 2.05) is 24.3 Å². The number of fused-ring (bicyclic) bond motifs is 1. The number of nitrogens with one attached hydrogen (secondary N) is 4. The van der Waals surface area contributed by atoms with Gasteiger partial charge in [-0.1, -0.05) is 18.2 Å². The molecule has 2 rings (SSSR count). The summed E-state index contributed by atoms with van der Waals surface area (Å²) < 4.78 is 0. The van der Waals surface area contributed by atoms with Gasteiger partial charge in [0.15, 0.2) is 0 Å². The summed E-state index contributed by atoms with van der Waals surface area (Å²) in [5.41, 5.74) is 7.73. The number of aromatic amines is 1. The van der Waals surface area contributed by atoms with Crippen LogP contribution in [0.3, 0.4) is 0 Å². The third-order valence-electron chi connectivity index (χ3n) is 5.55. The smallest absolute Gasteiger partial charge is 0.326 e. The van der Waals surface area contributed by atoms with Gasteiger partial charge in [0.2, 0.25) is 17.7 Å². The highest BCUT2D eigenvalue weighted by Gasteiger charge is 2.32. The fraction of sp³-hybridized carbons (Fsp3) is 0.478. The highest BCUT2D eigenvalue weighted by Crippen LogP contribution is 2.18. The van der Waals surface area contributed by atoms with Gasteiger partial charge in [0.05, 0.1) is 18.8 Å². The van der Waals surface area contributed by atoms with E-state index in [0.717, 1.165) is 16.5 Å². The van der Waals surface area contributed by atoms with Crippen LogP contribution in [-0.2, 0) is 25.6 Å². The molecule has 0 spiro atoms. The second-order valence-electron chi connectivity index (χ2n) is 8.32. The van der Waals surface area contributed by atoms with E-state index in [1.165, 1.54) is 18.7 Å². The van der Waals surface area contributed by atoms with Gasteiger partial charge in [-0.05, 0) is 43.4 Å². The second kappa shape index (κ2) is 13.8. The lowest BCUT2D eigenvalue weighted by molar-refractivity contribution is -0.142. The molecule has 13 heteroatoms. The molecule has 0 aliphatic rings. The van der Waals surface area contributed by atoms with Crippen LogP contribution in [-0.4, -0.2) is 92.9 Å². The number of nitrogens with two attached hydrogens (primary N) is 1. The number of thioether (sulfide) groups is 1. The summed E-state index contributed by atoms with van der Waals surface area (Å²) in [6.45, 7) is 0.444. The predicted octanol–water partition coefficient (Wildman–Crippen LogP) is -1.30. The van der Waals surface area contributed by atoms with Crippen molar-refractivity contribution in [2.75, 3.05) is 18.6 Å². The molecule has 3 amide bonds. The quantitative estimate of drug-likeness (QED) is 0.148. The Morgan fingerprint density at radius 1 is 1.06 bits per heavy atom. The molecule has 1 aromatic heterocycles. The average Bonchev–Trinajstić information content (AvgIpc) is 3.25. The predicted molar refractivity (Wildman–Crippen MR) is 135 cm³/mol. The van der Waals surface area contributed by atoms with Crippen molar-refractivity contribution in [3.63, 3.8) is 0 Å². The van der Waals surface area contributed by atoms with Crippen LogP contribution in [0, 0.1) is 0 Å². The zero-order chi connectivity index (χ0) is 26.8. The molecule has 12 nitrogen and oxygen atoms in total. The molecule has 0 aliphatic carbocycles. The standard InChI is InChI=1S/C23H33N5O7S/c1-12(30)19(22(33)27-18(11-29)21(32)26-17(23(34)35)7-8-36-2)28-20(31)15(24)9-13-10-25-16-6-4-3-5-14(13)16/h3-6,10,12,15,17-19,25,29-30H,7-9,11,24H2,1-2H3,(H,26,32)(H,27,33)(H,28,31)(H,34,35). The molecule has 5 unspecified atom stereocenters. The van der Waals surface area contributed by atoms with E-state index >= 15 is 0 Å². The van der Waals surface area contributed by atoms with Gasteiger partial charge in [-0.15, -0.1) is 0 Å². The topological polar surface area (TPSA) is 207 Å². The summed E-state index contributed by atoms with van der Waals surface area (Å²) >= 11 is 1.40. The number of benzene rings is 1. The number of carbonyl (C=O) groups excluding carboxylic acids is 3. The highest BCUT2D eigenvalue weighted by molar-refractivity contribution is 7.98. The fourth-order valence-electron chi connectivity index (χ4n) is 3.52. The molecule has 9 N–H and O–H groups in total. The van der Waals surface area contributed by atoms with Crippen LogP contribution in [0.25, 0.3) is 10.9 Å². The van der Waals surface area contributed by atoms with Gasteiger partial charge in [-0.25, -0.2) is 4.79 Å². The minimum absolute atomic E-state index is 0.148. The molecule has 2 aromatic rings. The molecule has 0 saturated heterocycles.